The van der Waals surface area contributed by atoms with Crippen molar-refractivity contribution in [2.75, 3.05) is 6.61 Å². The molecule has 15 heavy (non-hydrogen) atoms. The molecule has 0 amide bonds. The van der Waals surface area contributed by atoms with Crippen LogP contribution in [0.2, 0.25) is 0 Å². The molecule has 0 saturated carbocycles. The number of nitrogens with two attached hydrogens (primary N) is 1. The lowest BCUT2D eigenvalue weighted by molar-refractivity contribution is 0.0582. The number of hydrogen-bond acceptors (Lipinski definition) is 3. The summed E-state index contributed by atoms with van der Waals surface area (Å²) >= 11 is 0. The SMILES string of the molecule is CCC(C)OCCCC(C)(C)C(N)=NO. The van der Waals surface area contributed by atoms with E-state index in [1.807, 2.05) is 13.8 Å². The standard InChI is InChI=1S/C11H24N2O2/c1-5-9(2)15-8-6-7-11(3,4)10(12)13-14/h9,14H,5-8H2,1-4H3,(H2,12,13). The number of nitrogens with zero attached hydrogens (tertiary/aromatic N) is 1. The summed E-state index contributed by atoms with van der Waals surface area (Å²) in [4.78, 5) is 0. The Morgan fingerprint density at radius 2 is 2.13 bits per heavy atom. The van der Waals surface area contributed by atoms with Crippen molar-refractivity contribution in [3.63, 3.8) is 0 Å². The third-order valence-corrected chi connectivity index (χ3v) is 2.72. The van der Waals surface area contributed by atoms with E-state index < -0.39 is 0 Å². The molecule has 0 aromatic heterocycles. The quantitative estimate of drug-likeness (QED) is 0.226. The highest BCUT2D eigenvalue weighted by molar-refractivity contribution is 5.85. The van der Waals surface area contributed by atoms with Crippen molar-refractivity contribution < 1.29 is 9.94 Å². The summed E-state index contributed by atoms with van der Waals surface area (Å²) in [5.74, 6) is 0.283. The van der Waals surface area contributed by atoms with Gasteiger partial charge in [-0.3, -0.25) is 0 Å². The van der Waals surface area contributed by atoms with Gasteiger partial charge in [0, 0.05) is 12.0 Å². The minimum absolute atomic E-state index is 0.256. The van der Waals surface area contributed by atoms with Gasteiger partial charge in [-0.2, -0.15) is 0 Å². The Morgan fingerprint density at radius 1 is 1.53 bits per heavy atom. The highest BCUT2D eigenvalue weighted by Gasteiger charge is 2.22. The largest absolute Gasteiger partial charge is 0.409 e. The second-order valence-electron chi connectivity index (χ2n) is 4.56. The van der Waals surface area contributed by atoms with Crippen LogP contribution >= 0.6 is 0 Å². The van der Waals surface area contributed by atoms with E-state index >= 15 is 0 Å². The fourth-order valence-electron chi connectivity index (χ4n) is 1.18. The zero-order valence-electron chi connectivity index (χ0n) is 10.3. The summed E-state index contributed by atoms with van der Waals surface area (Å²) in [6.45, 7) is 8.83. The molecule has 4 nitrogen and oxygen atoms in total. The highest BCUT2D eigenvalue weighted by atomic mass is 16.5. The smallest absolute Gasteiger partial charge is 0.144 e. The first-order valence-electron chi connectivity index (χ1n) is 5.53. The normalized spacial score (nSPS) is 15.3. The van der Waals surface area contributed by atoms with E-state index in [0.717, 1.165) is 25.9 Å². The Kier molecular flexibility index (Phi) is 6.32. The Balaban J connectivity index is 3.76. The van der Waals surface area contributed by atoms with Crippen LogP contribution in [-0.2, 0) is 4.74 Å². The first-order chi connectivity index (χ1) is 6.94. The van der Waals surface area contributed by atoms with E-state index in [-0.39, 0.29) is 11.3 Å². The molecule has 0 aromatic carbocycles. The summed E-state index contributed by atoms with van der Waals surface area (Å²) in [5.41, 5.74) is 5.32. The predicted octanol–water partition coefficient (Wildman–Crippen LogP) is 2.35. The molecule has 4 heteroatoms. The second kappa shape index (κ2) is 6.67. The maximum absolute atomic E-state index is 8.58. The van der Waals surface area contributed by atoms with Gasteiger partial charge in [-0.25, -0.2) is 0 Å². The van der Waals surface area contributed by atoms with Gasteiger partial charge in [0.15, 0.2) is 0 Å². The fraction of sp³-hybridized carbons (Fsp3) is 0.909. The minimum atomic E-state index is -0.256. The minimum Gasteiger partial charge on any atom is -0.409 e. The fourth-order valence-corrected chi connectivity index (χ4v) is 1.18. The zero-order chi connectivity index (χ0) is 11.9. The molecule has 0 heterocycles. The van der Waals surface area contributed by atoms with Crippen LogP contribution in [0.1, 0.15) is 47.0 Å². The summed E-state index contributed by atoms with van der Waals surface area (Å²) in [6.07, 6.45) is 3.13. The maximum atomic E-state index is 8.58. The van der Waals surface area contributed by atoms with Gasteiger partial charge in [-0.15, -0.1) is 0 Å². The summed E-state index contributed by atoms with van der Waals surface area (Å²) < 4.78 is 5.56. The predicted molar refractivity (Wildman–Crippen MR) is 62.1 cm³/mol. The maximum Gasteiger partial charge on any atom is 0.144 e. The molecule has 0 saturated heterocycles. The van der Waals surface area contributed by atoms with Crippen LogP contribution in [0, 0.1) is 5.41 Å². The molecule has 0 aliphatic heterocycles. The zero-order valence-corrected chi connectivity index (χ0v) is 10.3. The number of oxime groups is 1. The van der Waals surface area contributed by atoms with Crippen LogP contribution in [0.3, 0.4) is 0 Å². The summed E-state index contributed by atoms with van der Waals surface area (Å²) in [5, 5.41) is 11.6. The van der Waals surface area contributed by atoms with Crippen LogP contribution in [0.15, 0.2) is 5.16 Å². The van der Waals surface area contributed by atoms with Gasteiger partial charge in [-0.05, 0) is 26.2 Å². The molecule has 1 unspecified atom stereocenters. The molecular formula is C11H24N2O2. The molecular weight excluding hydrogens is 192 g/mol. The van der Waals surface area contributed by atoms with Gasteiger partial charge in [0.2, 0.25) is 0 Å². The van der Waals surface area contributed by atoms with E-state index in [4.69, 9.17) is 15.7 Å². The Hall–Kier alpha value is -0.770. The van der Waals surface area contributed by atoms with Crippen molar-refractivity contribution >= 4 is 5.84 Å². The lowest BCUT2D eigenvalue weighted by Gasteiger charge is -2.22. The number of ether oxygens (including phenoxy) is 1. The topological polar surface area (TPSA) is 67.8 Å². The van der Waals surface area contributed by atoms with Gasteiger partial charge in [-0.1, -0.05) is 25.9 Å². The lowest BCUT2D eigenvalue weighted by Crippen LogP contribution is -2.32. The van der Waals surface area contributed by atoms with Crippen LogP contribution in [-0.4, -0.2) is 23.8 Å². The average Bonchev–Trinajstić information content (AvgIpc) is 2.22. The van der Waals surface area contributed by atoms with Gasteiger partial charge in [0.05, 0.1) is 6.10 Å². The van der Waals surface area contributed by atoms with Crippen molar-refractivity contribution in [3.05, 3.63) is 0 Å². The van der Waals surface area contributed by atoms with Crippen LogP contribution < -0.4 is 5.73 Å². The molecule has 1 atom stereocenters. The van der Waals surface area contributed by atoms with Crippen molar-refractivity contribution in [3.8, 4) is 0 Å². The number of rotatable bonds is 7. The van der Waals surface area contributed by atoms with Gasteiger partial charge in [0.1, 0.15) is 5.84 Å². The molecule has 0 aliphatic rings. The first kappa shape index (κ1) is 14.2. The summed E-state index contributed by atoms with van der Waals surface area (Å²) in [6, 6.07) is 0. The van der Waals surface area contributed by atoms with E-state index in [1.54, 1.807) is 0 Å². The molecule has 0 aliphatic carbocycles. The molecule has 0 aromatic rings. The number of hydrogen-bond donors (Lipinski definition) is 2. The average molecular weight is 216 g/mol. The monoisotopic (exact) mass is 216 g/mol. The Labute approximate surface area is 92.5 Å². The molecule has 3 N–H and O–H groups in total. The van der Waals surface area contributed by atoms with Gasteiger partial charge in [0.25, 0.3) is 0 Å². The van der Waals surface area contributed by atoms with Crippen molar-refractivity contribution in [1.29, 1.82) is 0 Å². The molecule has 90 valence electrons. The van der Waals surface area contributed by atoms with E-state index in [1.165, 1.54) is 0 Å². The first-order valence-corrected chi connectivity index (χ1v) is 5.53. The van der Waals surface area contributed by atoms with Gasteiger partial charge >= 0.3 is 0 Å². The third kappa shape index (κ3) is 5.62. The van der Waals surface area contributed by atoms with Crippen molar-refractivity contribution in [2.24, 2.45) is 16.3 Å². The molecule has 0 rings (SSSR count). The van der Waals surface area contributed by atoms with E-state index in [0.29, 0.717) is 6.10 Å². The molecule has 0 fully saturated rings. The van der Waals surface area contributed by atoms with Crippen LogP contribution in [0.5, 0.6) is 0 Å². The molecule has 0 bridgehead atoms. The number of amidine groups is 1. The Morgan fingerprint density at radius 3 is 2.60 bits per heavy atom. The Bertz CT molecular complexity index is 203. The third-order valence-electron chi connectivity index (χ3n) is 2.72. The van der Waals surface area contributed by atoms with Crippen molar-refractivity contribution in [1.82, 2.24) is 0 Å². The van der Waals surface area contributed by atoms with E-state index in [9.17, 15) is 0 Å². The summed E-state index contributed by atoms with van der Waals surface area (Å²) in [7, 11) is 0. The van der Waals surface area contributed by atoms with Gasteiger partial charge < -0.3 is 15.7 Å². The van der Waals surface area contributed by atoms with Crippen LogP contribution in [0.4, 0.5) is 0 Å². The van der Waals surface area contributed by atoms with Crippen LogP contribution in [0.25, 0.3) is 0 Å². The van der Waals surface area contributed by atoms with E-state index in [2.05, 4.69) is 19.0 Å². The van der Waals surface area contributed by atoms with Crippen molar-refractivity contribution in [2.45, 2.75) is 53.1 Å². The molecule has 0 spiro atoms. The molecule has 0 radical (unpaired) electrons. The lowest BCUT2D eigenvalue weighted by atomic mass is 9.87. The second-order valence-corrected chi connectivity index (χ2v) is 4.56. The highest BCUT2D eigenvalue weighted by Crippen LogP contribution is 2.22.